The fourth-order valence-electron chi connectivity index (χ4n) is 1.66. The van der Waals surface area contributed by atoms with E-state index in [1.165, 1.54) is 4.90 Å². The van der Waals surface area contributed by atoms with Crippen molar-refractivity contribution < 1.29 is 4.74 Å². The average Bonchev–Trinajstić information content (AvgIpc) is 2.41. The first-order valence-corrected chi connectivity index (χ1v) is 8.35. The van der Waals surface area contributed by atoms with Gasteiger partial charge in [0.15, 0.2) is 0 Å². The second-order valence-corrected chi connectivity index (χ2v) is 7.26. The molecule has 0 heterocycles. The van der Waals surface area contributed by atoms with Crippen LogP contribution in [0, 0.1) is 0 Å². The highest BCUT2D eigenvalue weighted by Crippen LogP contribution is 2.23. The van der Waals surface area contributed by atoms with Crippen molar-refractivity contribution in [3.05, 3.63) is 28.7 Å². The largest absolute Gasteiger partial charge is 0.379 e. The van der Waals surface area contributed by atoms with Crippen molar-refractivity contribution in [3.8, 4) is 0 Å². The van der Waals surface area contributed by atoms with E-state index in [4.69, 9.17) is 4.74 Å². The van der Waals surface area contributed by atoms with Crippen molar-refractivity contribution in [1.29, 1.82) is 0 Å². The zero-order chi connectivity index (χ0) is 14.3. The molecule has 0 saturated heterocycles. The lowest BCUT2D eigenvalue weighted by atomic mass is 9.99. The van der Waals surface area contributed by atoms with E-state index in [1.54, 1.807) is 7.11 Å². The summed E-state index contributed by atoms with van der Waals surface area (Å²) >= 11 is 5.35. The number of benzene rings is 1. The van der Waals surface area contributed by atoms with Gasteiger partial charge in [0.25, 0.3) is 0 Å². The van der Waals surface area contributed by atoms with Crippen LogP contribution in [0.15, 0.2) is 33.6 Å². The Kier molecular flexibility index (Phi) is 7.44. The predicted octanol–water partition coefficient (Wildman–Crippen LogP) is 4.33. The van der Waals surface area contributed by atoms with Crippen molar-refractivity contribution in [2.45, 2.75) is 43.2 Å². The summed E-state index contributed by atoms with van der Waals surface area (Å²) in [5.74, 6) is 1.08. The Morgan fingerprint density at radius 1 is 1.32 bits per heavy atom. The molecule has 4 heteroatoms. The topological polar surface area (TPSA) is 21.3 Å². The summed E-state index contributed by atoms with van der Waals surface area (Å²) in [6.45, 7) is 4.28. The SMILES string of the molecule is CNC(CCC(C)(C)OC)CSc1ccc(Br)cc1. The minimum absolute atomic E-state index is 0.0304. The van der Waals surface area contributed by atoms with Crippen LogP contribution < -0.4 is 5.32 Å². The normalized spacial score (nSPS) is 13.5. The van der Waals surface area contributed by atoms with E-state index in [2.05, 4.69) is 59.4 Å². The summed E-state index contributed by atoms with van der Waals surface area (Å²) in [7, 11) is 3.82. The lowest BCUT2D eigenvalue weighted by Gasteiger charge is -2.25. The van der Waals surface area contributed by atoms with Gasteiger partial charge in [0.1, 0.15) is 0 Å². The maximum absolute atomic E-state index is 5.47. The highest BCUT2D eigenvalue weighted by atomic mass is 79.9. The van der Waals surface area contributed by atoms with Gasteiger partial charge in [-0.25, -0.2) is 0 Å². The van der Waals surface area contributed by atoms with Crippen molar-refractivity contribution >= 4 is 27.7 Å². The molecule has 0 spiro atoms. The molecule has 1 atom stereocenters. The Morgan fingerprint density at radius 2 is 1.95 bits per heavy atom. The van der Waals surface area contributed by atoms with Crippen molar-refractivity contribution in [2.75, 3.05) is 19.9 Å². The third-order valence-corrected chi connectivity index (χ3v) is 5.02. The standard InChI is InChI=1S/C15H24BrNOS/c1-15(2,18-4)10-9-13(17-3)11-19-14-7-5-12(16)6-8-14/h5-8,13,17H,9-11H2,1-4H3. The van der Waals surface area contributed by atoms with Crippen LogP contribution in [0.4, 0.5) is 0 Å². The summed E-state index contributed by atoms with van der Waals surface area (Å²) < 4.78 is 6.60. The van der Waals surface area contributed by atoms with Crippen LogP contribution in [0.25, 0.3) is 0 Å². The summed E-state index contributed by atoms with van der Waals surface area (Å²) in [6.07, 6.45) is 2.19. The number of methoxy groups -OCH3 is 1. The first kappa shape index (κ1) is 17.0. The van der Waals surface area contributed by atoms with Gasteiger partial charge in [0.2, 0.25) is 0 Å². The van der Waals surface area contributed by atoms with Gasteiger partial charge in [-0.1, -0.05) is 15.9 Å². The molecule has 0 aliphatic rings. The molecule has 1 aromatic rings. The van der Waals surface area contributed by atoms with E-state index in [0.717, 1.165) is 23.1 Å². The third kappa shape index (κ3) is 6.80. The van der Waals surface area contributed by atoms with Crippen molar-refractivity contribution in [3.63, 3.8) is 0 Å². The predicted molar refractivity (Wildman–Crippen MR) is 88.0 cm³/mol. The van der Waals surface area contributed by atoms with Gasteiger partial charge in [0.05, 0.1) is 5.60 Å². The van der Waals surface area contributed by atoms with E-state index in [9.17, 15) is 0 Å². The quantitative estimate of drug-likeness (QED) is 0.708. The fourth-order valence-corrected chi connectivity index (χ4v) is 2.98. The second kappa shape index (κ2) is 8.30. The molecule has 0 aliphatic carbocycles. The van der Waals surface area contributed by atoms with Crippen LogP contribution in [0.3, 0.4) is 0 Å². The summed E-state index contributed by atoms with van der Waals surface area (Å²) in [4.78, 5) is 1.31. The zero-order valence-corrected chi connectivity index (χ0v) is 14.6. The number of ether oxygens (including phenoxy) is 1. The van der Waals surface area contributed by atoms with Crippen LogP contribution in [0.5, 0.6) is 0 Å². The van der Waals surface area contributed by atoms with Crippen LogP contribution >= 0.6 is 27.7 Å². The fraction of sp³-hybridized carbons (Fsp3) is 0.600. The number of hydrogen-bond acceptors (Lipinski definition) is 3. The molecule has 0 bridgehead atoms. The van der Waals surface area contributed by atoms with E-state index < -0.39 is 0 Å². The lowest BCUT2D eigenvalue weighted by molar-refractivity contribution is 0.0123. The first-order chi connectivity index (χ1) is 8.96. The Morgan fingerprint density at radius 3 is 2.47 bits per heavy atom. The monoisotopic (exact) mass is 345 g/mol. The smallest absolute Gasteiger partial charge is 0.0623 e. The summed E-state index contributed by atoms with van der Waals surface area (Å²) in [5, 5.41) is 3.39. The van der Waals surface area contributed by atoms with Crippen LogP contribution in [-0.4, -0.2) is 31.6 Å². The molecule has 108 valence electrons. The van der Waals surface area contributed by atoms with E-state index in [0.29, 0.717) is 6.04 Å². The molecule has 0 saturated carbocycles. The minimum Gasteiger partial charge on any atom is -0.379 e. The van der Waals surface area contributed by atoms with Gasteiger partial charge in [-0.05, 0) is 58.0 Å². The number of thioether (sulfide) groups is 1. The van der Waals surface area contributed by atoms with E-state index in [-0.39, 0.29) is 5.60 Å². The minimum atomic E-state index is -0.0304. The maximum atomic E-state index is 5.47. The number of nitrogens with one attached hydrogen (secondary N) is 1. The molecule has 0 radical (unpaired) electrons. The third-order valence-electron chi connectivity index (χ3n) is 3.32. The Bertz CT molecular complexity index is 367. The Labute approximate surface area is 129 Å². The van der Waals surface area contributed by atoms with Gasteiger partial charge >= 0.3 is 0 Å². The molecule has 1 unspecified atom stereocenters. The van der Waals surface area contributed by atoms with Gasteiger partial charge < -0.3 is 10.1 Å². The lowest BCUT2D eigenvalue weighted by Crippen LogP contribution is -2.32. The number of hydrogen-bond donors (Lipinski definition) is 1. The van der Waals surface area contributed by atoms with Gasteiger partial charge in [0, 0.05) is 28.3 Å². The number of rotatable bonds is 8. The molecule has 2 nitrogen and oxygen atoms in total. The van der Waals surface area contributed by atoms with Crippen LogP contribution in [0.1, 0.15) is 26.7 Å². The number of halogens is 1. The molecule has 0 aromatic heterocycles. The first-order valence-electron chi connectivity index (χ1n) is 6.57. The highest BCUT2D eigenvalue weighted by Gasteiger charge is 2.18. The van der Waals surface area contributed by atoms with Crippen molar-refractivity contribution in [1.82, 2.24) is 5.32 Å². The van der Waals surface area contributed by atoms with Crippen molar-refractivity contribution in [2.24, 2.45) is 0 Å². The summed E-state index contributed by atoms with van der Waals surface area (Å²) in [5.41, 5.74) is -0.0304. The molecule has 0 fully saturated rings. The molecule has 0 amide bonds. The molecule has 1 aromatic carbocycles. The molecule has 0 aliphatic heterocycles. The highest BCUT2D eigenvalue weighted by molar-refractivity contribution is 9.10. The Balaban J connectivity index is 2.38. The average molecular weight is 346 g/mol. The Hall–Kier alpha value is -0.0300. The molecular weight excluding hydrogens is 322 g/mol. The molecule has 1 rings (SSSR count). The zero-order valence-electron chi connectivity index (χ0n) is 12.2. The van der Waals surface area contributed by atoms with E-state index >= 15 is 0 Å². The van der Waals surface area contributed by atoms with E-state index in [1.807, 2.05) is 18.8 Å². The second-order valence-electron chi connectivity index (χ2n) is 5.25. The molecular formula is C15H24BrNOS. The molecule has 1 N–H and O–H groups in total. The maximum Gasteiger partial charge on any atom is 0.0623 e. The molecule has 19 heavy (non-hydrogen) atoms. The van der Waals surface area contributed by atoms with Crippen LogP contribution in [0.2, 0.25) is 0 Å². The van der Waals surface area contributed by atoms with Crippen LogP contribution in [-0.2, 0) is 4.74 Å². The summed E-state index contributed by atoms with van der Waals surface area (Å²) in [6, 6.07) is 9.00. The van der Waals surface area contributed by atoms with Gasteiger partial charge in [-0.2, -0.15) is 0 Å². The van der Waals surface area contributed by atoms with Gasteiger partial charge in [-0.15, -0.1) is 11.8 Å². The van der Waals surface area contributed by atoms with Gasteiger partial charge in [-0.3, -0.25) is 0 Å².